The van der Waals surface area contributed by atoms with Crippen molar-refractivity contribution in [2.45, 2.75) is 44.9 Å². The third-order valence-corrected chi connectivity index (χ3v) is 6.87. The number of likely N-dealkylation sites (tertiary alicyclic amines) is 1. The van der Waals surface area contributed by atoms with Crippen LogP contribution in [0.25, 0.3) is 11.1 Å². The minimum Gasteiger partial charge on any atom is -0.391 e. The van der Waals surface area contributed by atoms with Crippen molar-refractivity contribution < 1.29 is 9.90 Å². The first-order valence-corrected chi connectivity index (χ1v) is 10.4. The van der Waals surface area contributed by atoms with Gasteiger partial charge in [-0.15, -0.1) is 0 Å². The zero-order chi connectivity index (χ0) is 19.3. The predicted molar refractivity (Wildman–Crippen MR) is 110 cm³/mol. The van der Waals surface area contributed by atoms with E-state index >= 15 is 0 Å². The monoisotopic (exact) mass is 376 g/mol. The number of nitrogens with one attached hydrogen (secondary N) is 1. The van der Waals surface area contributed by atoms with Gasteiger partial charge in [0.15, 0.2) is 0 Å². The standard InChI is InChI=1S/C24H28N2O2/c1-15(27)25-23-10-19-13-26(14-20(19)11-24(23)28)12-16-6-7-22-18(8-16)9-17-4-2-3-5-21(17)22/h2-8,19-20,23-24,28H,9-14H2,1H3,(H,25,27)/t19-,20+,23-,24-/m1/s1. The van der Waals surface area contributed by atoms with Crippen molar-refractivity contribution in [1.82, 2.24) is 10.2 Å². The van der Waals surface area contributed by atoms with E-state index in [0.29, 0.717) is 11.8 Å². The highest BCUT2D eigenvalue weighted by Crippen LogP contribution is 2.39. The number of nitrogens with zero attached hydrogens (tertiary/aromatic N) is 1. The Balaban J connectivity index is 1.26. The molecule has 2 aromatic rings. The molecule has 1 aliphatic heterocycles. The first-order chi connectivity index (χ1) is 13.6. The maximum absolute atomic E-state index is 11.4. The van der Waals surface area contributed by atoms with Gasteiger partial charge in [0.2, 0.25) is 5.91 Å². The van der Waals surface area contributed by atoms with Gasteiger partial charge in [-0.1, -0.05) is 42.5 Å². The van der Waals surface area contributed by atoms with Crippen molar-refractivity contribution in [3.8, 4) is 11.1 Å². The van der Waals surface area contributed by atoms with Crippen LogP contribution in [0.15, 0.2) is 42.5 Å². The zero-order valence-corrected chi connectivity index (χ0v) is 16.4. The molecule has 28 heavy (non-hydrogen) atoms. The summed E-state index contributed by atoms with van der Waals surface area (Å²) in [5.41, 5.74) is 7.02. The summed E-state index contributed by atoms with van der Waals surface area (Å²) in [5.74, 6) is 1.06. The van der Waals surface area contributed by atoms with Crippen LogP contribution in [0, 0.1) is 11.8 Å². The maximum atomic E-state index is 11.4. The van der Waals surface area contributed by atoms with Gasteiger partial charge in [-0.2, -0.15) is 0 Å². The van der Waals surface area contributed by atoms with Crippen LogP contribution in [0.2, 0.25) is 0 Å². The van der Waals surface area contributed by atoms with Crippen molar-refractivity contribution >= 4 is 5.91 Å². The number of hydrogen-bond donors (Lipinski definition) is 2. The minimum atomic E-state index is -0.413. The fourth-order valence-electron chi connectivity index (χ4n) is 5.63. The third kappa shape index (κ3) is 3.25. The largest absolute Gasteiger partial charge is 0.391 e. The first-order valence-electron chi connectivity index (χ1n) is 10.4. The van der Waals surface area contributed by atoms with Crippen LogP contribution in [0.4, 0.5) is 0 Å². The molecule has 2 aliphatic carbocycles. The molecule has 0 bridgehead atoms. The molecule has 4 heteroatoms. The Labute approximate surface area is 166 Å². The molecule has 0 unspecified atom stereocenters. The lowest BCUT2D eigenvalue weighted by atomic mass is 9.77. The smallest absolute Gasteiger partial charge is 0.217 e. The topological polar surface area (TPSA) is 52.6 Å². The Hall–Kier alpha value is -2.17. The molecule has 1 saturated carbocycles. The number of carbonyl (C=O) groups excluding carboxylic acids is 1. The second kappa shape index (κ2) is 7.02. The molecule has 0 radical (unpaired) electrons. The summed E-state index contributed by atoms with van der Waals surface area (Å²) >= 11 is 0. The fourth-order valence-corrected chi connectivity index (χ4v) is 5.63. The van der Waals surface area contributed by atoms with Crippen molar-refractivity contribution in [3.05, 3.63) is 59.2 Å². The quantitative estimate of drug-likeness (QED) is 0.739. The van der Waals surface area contributed by atoms with Gasteiger partial charge < -0.3 is 10.4 Å². The van der Waals surface area contributed by atoms with Crippen molar-refractivity contribution in [1.29, 1.82) is 0 Å². The molecule has 2 N–H and O–H groups in total. The highest BCUT2D eigenvalue weighted by Gasteiger charge is 2.41. The summed E-state index contributed by atoms with van der Waals surface area (Å²) in [6.45, 7) is 4.61. The van der Waals surface area contributed by atoms with Gasteiger partial charge in [-0.3, -0.25) is 9.69 Å². The van der Waals surface area contributed by atoms with Crippen molar-refractivity contribution in [2.75, 3.05) is 13.1 Å². The molecule has 3 aliphatic rings. The summed E-state index contributed by atoms with van der Waals surface area (Å²) in [6.07, 6.45) is 2.31. The highest BCUT2D eigenvalue weighted by atomic mass is 16.3. The van der Waals surface area contributed by atoms with Gasteiger partial charge >= 0.3 is 0 Å². The lowest BCUT2D eigenvalue weighted by Gasteiger charge is -2.35. The van der Waals surface area contributed by atoms with Crippen LogP contribution < -0.4 is 5.32 Å². The molecule has 2 aromatic carbocycles. The summed E-state index contributed by atoms with van der Waals surface area (Å²) in [5, 5.41) is 13.3. The Morgan fingerprint density at radius 3 is 2.64 bits per heavy atom. The Bertz CT molecular complexity index is 909. The van der Waals surface area contributed by atoms with E-state index in [2.05, 4.69) is 52.7 Å². The van der Waals surface area contributed by atoms with Gasteiger partial charge in [0, 0.05) is 26.6 Å². The molecular weight excluding hydrogens is 348 g/mol. The normalized spacial score (nSPS) is 28.5. The SMILES string of the molecule is CC(=O)N[C@@H]1C[C@@H]2CN(Cc3ccc4c(c3)Cc3ccccc3-4)C[C@@H]2C[C@H]1O. The number of hydrogen-bond acceptors (Lipinski definition) is 3. The van der Waals surface area contributed by atoms with Crippen LogP contribution in [-0.2, 0) is 17.8 Å². The molecule has 5 rings (SSSR count). The third-order valence-electron chi connectivity index (χ3n) is 6.87. The molecule has 1 saturated heterocycles. The number of amides is 1. The van der Waals surface area contributed by atoms with E-state index in [4.69, 9.17) is 0 Å². The molecule has 4 nitrogen and oxygen atoms in total. The highest BCUT2D eigenvalue weighted by molar-refractivity contribution is 5.77. The summed E-state index contributed by atoms with van der Waals surface area (Å²) in [6, 6.07) is 15.6. The van der Waals surface area contributed by atoms with Gasteiger partial charge in [-0.05, 0) is 58.9 Å². The van der Waals surface area contributed by atoms with E-state index in [1.54, 1.807) is 0 Å². The van der Waals surface area contributed by atoms with E-state index in [1.807, 2.05) is 0 Å². The molecule has 4 atom stereocenters. The molecule has 2 fully saturated rings. The lowest BCUT2D eigenvalue weighted by molar-refractivity contribution is -0.121. The Morgan fingerprint density at radius 2 is 1.82 bits per heavy atom. The maximum Gasteiger partial charge on any atom is 0.217 e. The first kappa shape index (κ1) is 17.9. The molecule has 146 valence electrons. The van der Waals surface area contributed by atoms with E-state index in [1.165, 1.54) is 34.7 Å². The average molecular weight is 377 g/mol. The van der Waals surface area contributed by atoms with Crippen molar-refractivity contribution in [3.63, 3.8) is 0 Å². The number of carbonyl (C=O) groups is 1. The average Bonchev–Trinajstić information content (AvgIpc) is 3.21. The van der Waals surface area contributed by atoms with Crippen LogP contribution in [0.5, 0.6) is 0 Å². The molecule has 1 amide bonds. The van der Waals surface area contributed by atoms with Gasteiger partial charge in [-0.25, -0.2) is 0 Å². The van der Waals surface area contributed by atoms with Crippen LogP contribution in [-0.4, -0.2) is 41.1 Å². The summed E-state index contributed by atoms with van der Waals surface area (Å²) < 4.78 is 0. The number of aliphatic hydroxyl groups is 1. The van der Waals surface area contributed by atoms with Gasteiger partial charge in [0.1, 0.15) is 0 Å². The van der Waals surface area contributed by atoms with Crippen LogP contribution >= 0.6 is 0 Å². The second-order valence-electron chi connectivity index (χ2n) is 8.89. The van der Waals surface area contributed by atoms with Crippen molar-refractivity contribution in [2.24, 2.45) is 11.8 Å². The van der Waals surface area contributed by atoms with E-state index in [9.17, 15) is 9.90 Å². The number of fused-ring (bicyclic) bond motifs is 4. The van der Waals surface area contributed by atoms with Gasteiger partial charge in [0.25, 0.3) is 0 Å². The molecular formula is C24H28N2O2. The number of rotatable bonds is 3. The Morgan fingerprint density at radius 1 is 1.07 bits per heavy atom. The predicted octanol–water partition coefficient (Wildman–Crippen LogP) is 2.97. The summed E-state index contributed by atoms with van der Waals surface area (Å²) in [4.78, 5) is 13.9. The molecule has 0 aromatic heterocycles. The summed E-state index contributed by atoms with van der Waals surface area (Å²) in [7, 11) is 0. The van der Waals surface area contributed by atoms with E-state index in [0.717, 1.165) is 38.9 Å². The van der Waals surface area contributed by atoms with E-state index < -0.39 is 6.10 Å². The number of benzene rings is 2. The Kier molecular flexibility index (Phi) is 4.48. The van der Waals surface area contributed by atoms with Crippen LogP contribution in [0.3, 0.4) is 0 Å². The minimum absolute atomic E-state index is 0.0449. The fraction of sp³-hybridized carbons (Fsp3) is 0.458. The van der Waals surface area contributed by atoms with Gasteiger partial charge in [0.05, 0.1) is 12.1 Å². The lowest BCUT2D eigenvalue weighted by Crippen LogP contribution is -2.48. The molecule has 1 heterocycles. The zero-order valence-electron chi connectivity index (χ0n) is 16.4. The second-order valence-corrected chi connectivity index (χ2v) is 8.89. The molecule has 0 spiro atoms. The van der Waals surface area contributed by atoms with Crippen LogP contribution in [0.1, 0.15) is 36.5 Å². The number of aliphatic hydroxyl groups excluding tert-OH is 1. The van der Waals surface area contributed by atoms with E-state index in [-0.39, 0.29) is 11.9 Å².